The highest BCUT2D eigenvalue weighted by molar-refractivity contribution is 7.86. The molecule has 0 aliphatic heterocycles. The summed E-state index contributed by atoms with van der Waals surface area (Å²) in [5.41, 5.74) is 3.44. The fourth-order valence-electron chi connectivity index (χ4n) is 3.89. The Morgan fingerprint density at radius 1 is 0.559 bits per heavy atom. The lowest BCUT2D eigenvalue weighted by Crippen LogP contribution is -2.05. The van der Waals surface area contributed by atoms with Crippen LogP contribution in [0.5, 0.6) is 17.2 Å². The quantitative estimate of drug-likeness (QED) is 0.332. The number of methoxy groups -OCH3 is 3. The van der Waals surface area contributed by atoms with Gasteiger partial charge in [-0.3, -0.25) is 4.55 Å². The molecule has 0 unspecified atom stereocenters. The Labute approximate surface area is 199 Å². The van der Waals surface area contributed by atoms with Crippen LogP contribution in [0.2, 0.25) is 0 Å². The van der Waals surface area contributed by atoms with Gasteiger partial charge in [0.2, 0.25) is 0 Å². The van der Waals surface area contributed by atoms with E-state index in [1.807, 2.05) is 24.3 Å². The van der Waals surface area contributed by atoms with Crippen molar-refractivity contribution in [3.05, 3.63) is 84.9 Å². The molecule has 0 aromatic heterocycles. The number of hydrogen-bond donors (Lipinski definition) is 1. The van der Waals surface area contributed by atoms with Crippen LogP contribution in [0.25, 0.3) is 33.4 Å². The minimum Gasteiger partial charge on any atom is -0.497 e. The van der Waals surface area contributed by atoms with Crippen LogP contribution in [0.3, 0.4) is 0 Å². The van der Waals surface area contributed by atoms with E-state index >= 15 is 0 Å². The first-order valence-electron chi connectivity index (χ1n) is 10.4. The minimum atomic E-state index is -4.62. The smallest absolute Gasteiger partial charge is 0.295 e. The fourth-order valence-corrected chi connectivity index (χ4v) is 4.80. The summed E-state index contributed by atoms with van der Waals surface area (Å²) in [6, 6.07) is 25.1. The zero-order valence-electron chi connectivity index (χ0n) is 19.0. The third-order valence-electron chi connectivity index (χ3n) is 5.51. The van der Waals surface area contributed by atoms with Crippen molar-refractivity contribution >= 4 is 10.1 Å². The van der Waals surface area contributed by atoms with Gasteiger partial charge in [0.1, 0.15) is 22.1 Å². The van der Waals surface area contributed by atoms with Crippen molar-refractivity contribution in [1.29, 1.82) is 0 Å². The number of hydrogen-bond acceptors (Lipinski definition) is 5. The molecule has 4 aromatic carbocycles. The third kappa shape index (κ3) is 4.76. The Morgan fingerprint density at radius 2 is 0.941 bits per heavy atom. The van der Waals surface area contributed by atoms with E-state index < -0.39 is 10.1 Å². The van der Waals surface area contributed by atoms with Gasteiger partial charge in [0.15, 0.2) is 0 Å². The number of rotatable bonds is 7. The topological polar surface area (TPSA) is 82.1 Å². The molecular weight excluding hydrogens is 452 g/mol. The first kappa shape index (κ1) is 23.4. The lowest BCUT2D eigenvalue weighted by Gasteiger charge is -2.17. The lowest BCUT2D eigenvalue weighted by atomic mass is 9.93. The van der Waals surface area contributed by atoms with Crippen LogP contribution >= 0.6 is 0 Å². The van der Waals surface area contributed by atoms with Crippen LogP contribution in [0.4, 0.5) is 0 Å². The summed E-state index contributed by atoms with van der Waals surface area (Å²) in [5.74, 6) is 1.80. The molecule has 174 valence electrons. The van der Waals surface area contributed by atoms with E-state index in [-0.39, 0.29) is 4.90 Å². The molecule has 0 aliphatic rings. The third-order valence-corrected chi connectivity index (χ3v) is 6.47. The van der Waals surface area contributed by atoms with Gasteiger partial charge in [-0.05, 0) is 70.8 Å². The second kappa shape index (κ2) is 9.59. The molecular formula is C27H24O6S. The molecule has 6 nitrogen and oxygen atoms in total. The first-order chi connectivity index (χ1) is 16.3. The van der Waals surface area contributed by atoms with Gasteiger partial charge in [-0.25, -0.2) is 0 Å². The van der Waals surface area contributed by atoms with Gasteiger partial charge in [0.05, 0.1) is 21.3 Å². The summed E-state index contributed by atoms with van der Waals surface area (Å²) >= 11 is 0. The highest BCUT2D eigenvalue weighted by atomic mass is 32.2. The van der Waals surface area contributed by atoms with E-state index in [0.29, 0.717) is 39.5 Å². The Balaban J connectivity index is 2.11. The van der Waals surface area contributed by atoms with Crippen molar-refractivity contribution < 1.29 is 27.2 Å². The van der Waals surface area contributed by atoms with E-state index in [0.717, 1.165) is 11.1 Å². The van der Waals surface area contributed by atoms with E-state index in [1.54, 1.807) is 67.8 Å². The van der Waals surface area contributed by atoms with Crippen LogP contribution < -0.4 is 14.2 Å². The Bertz CT molecular complexity index is 1370. The normalized spacial score (nSPS) is 11.2. The molecule has 0 heterocycles. The van der Waals surface area contributed by atoms with E-state index in [9.17, 15) is 13.0 Å². The predicted molar refractivity (Wildman–Crippen MR) is 132 cm³/mol. The van der Waals surface area contributed by atoms with Gasteiger partial charge in [-0.1, -0.05) is 36.4 Å². The molecule has 4 aromatic rings. The van der Waals surface area contributed by atoms with Gasteiger partial charge in [-0.2, -0.15) is 8.42 Å². The zero-order valence-corrected chi connectivity index (χ0v) is 19.8. The molecule has 0 amide bonds. The first-order valence-corrected chi connectivity index (χ1v) is 11.9. The molecule has 34 heavy (non-hydrogen) atoms. The molecule has 0 bridgehead atoms. The largest absolute Gasteiger partial charge is 0.497 e. The molecule has 0 saturated carbocycles. The Kier molecular flexibility index (Phi) is 6.58. The average Bonchev–Trinajstić information content (AvgIpc) is 2.87. The fraction of sp³-hybridized carbons (Fsp3) is 0.111. The van der Waals surface area contributed by atoms with Gasteiger partial charge in [0.25, 0.3) is 10.1 Å². The van der Waals surface area contributed by atoms with E-state index in [4.69, 9.17) is 14.2 Å². The SMILES string of the molecule is COc1cccc(-c2cc(-c3cccc(OC)c3)c(S(=O)(=O)O)c(-c3cccc(OC)c3)c2)c1. The van der Waals surface area contributed by atoms with E-state index in [2.05, 4.69) is 0 Å². The Morgan fingerprint density at radius 3 is 1.32 bits per heavy atom. The maximum Gasteiger partial charge on any atom is 0.295 e. The second-order valence-electron chi connectivity index (χ2n) is 7.57. The number of ether oxygens (including phenoxy) is 3. The van der Waals surface area contributed by atoms with Crippen LogP contribution in [-0.2, 0) is 10.1 Å². The summed E-state index contributed by atoms with van der Waals surface area (Å²) < 4.78 is 51.9. The molecule has 0 spiro atoms. The van der Waals surface area contributed by atoms with Crippen molar-refractivity contribution in [3.63, 3.8) is 0 Å². The molecule has 0 radical (unpaired) electrons. The second-order valence-corrected chi connectivity index (χ2v) is 8.93. The van der Waals surface area contributed by atoms with Gasteiger partial charge < -0.3 is 14.2 Å². The molecule has 7 heteroatoms. The predicted octanol–water partition coefficient (Wildman–Crippen LogP) is 5.96. The van der Waals surface area contributed by atoms with Crippen LogP contribution in [0.1, 0.15) is 0 Å². The number of benzene rings is 4. The maximum atomic E-state index is 12.8. The summed E-state index contributed by atoms with van der Waals surface area (Å²) in [6.45, 7) is 0. The highest BCUT2D eigenvalue weighted by Crippen LogP contribution is 2.41. The van der Waals surface area contributed by atoms with Crippen molar-refractivity contribution in [2.24, 2.45) is 0 Å². The zero-order chi connectivity index (χ0) is 24.3. The van der Waals surface area contributed by atoms with Gasteiger partial charge in [-0.15, -0.1) is 0 Å². The molecule has 0 atom stereocenters. The Hall–Kier alpha value is -3.81. The average molecular weight is 477 g/mol. The molecule has 0 fully saturated rings. The summed E-state index contributed by atoms with van der Waals surface area (Å²) in [7, 11) is 0.0472. The van der Waals surface area contributed by atoms with Crippen LogP contribution in [0, 0.1) is 0 Å². The van der Waals surface area contributed by atoms with Gasteiger partial charge >= 0.3 is 0 Å². The van der Waals surface area contributed by atoms with Crippen LogP contribution in [-0.4, -0.2) is 34.3 Å². The minimum absolute atomic E-state index is 0.194. The van der Waals surface area contributed by atoms with Crippen LogP contribution in [0.15, 0.2) is 89.8 Å². The molecule has 0 aliphatic carbocycles. The summed E-state index contributed by atoms with van der Waals surface area (Å²) in [5, 5.41) is 0. The lowest BCUT2D eigenvalue weighted by molar-refractivity contribution is 0.415. The van der Waals surface area contributed by atoms with Gasteiger partial charge in [0, 0.05) is 11.1 Å². The van der Waals surface area contributed by atoms with Crippen molar-refractivity contribution in [3.8, 4) is 50.6 Å². The summed E-state index contributed by atoms with van der Waals surface area (Å²) in [4.78, 5) is -0.194. The van der Waals surface area contributed by atoms with E-state index in [1.165, 1.54) is 14.2 Å². The standard InChI is InChI=1S/C27H24O6S/c1-31-22-10-4-7-18(13-22)21-16-25(19-8-5-11-23(14-19)32-2)27(34(28,29)30)26(17-21)20-9-6-12-24(15-20)33-3/h4-17H,1-3H3,(H,28,29,30). The molecule has 0 saturated heterocycles. The molecule has 4 rings (SSSR count). The van der Waals surface area contributed by atoms with Crippen molar-refractivity contribution in [2.45, 2.75) is 4.90 Å². The van der Waals surface area contributed by atoms with Crippen molar-refractivity contribution in [1.82, 2.24) is 0 Å². The molecule has 1 N–H and O–H groups in total. The highest BCUT2D eigenvalue weighted by Gasteiger charge is 2.25. The maximum absolute atomic E-state index is 12.8. The monoisotopic (exact) mass is 476 g/mol. The summed E-state index contributed by atoms with van der Waals surface area (Å²) in [6.07, 6.45) is 0. The van der Waals surface area contributed by atoms with Crippen molar-refractivity contribution in [2.75, 3.05) is 21.3 Å².